The first-order valence-corrected chi connectivity index (χ1v) is 10.9. The van der Waals surface area contributed by atoms with Gasteiger partial charge in [0.25, 0.3) is 19.7 Å². The molecule has 14 heteroatoms. The second kappa shape index (κ2) is 8.53. The summed E-state index contributed by atoms with van der Waals surface area (Å²) in [6, 6.07) is 8.12. The van der Waals surface area contributed by atoms with E-state index < -0.39 is 40.5 Å². The lowest BCUT2D eigenvalue weighted by atomic mass is 10.2. The maximum Gasteiger partial charge on any atom is 0.501 e. The van der Waals surface area contributed by atoms with Crippen molar-refractivity contribution < 1.29 is 43.2 Å². The highest BCUT2D eigenvalue weighted by Gasteiger charge is 2.47. The van der Waals surface area contributed by atoms with E-state index in [9.17, 15) is 43.2 Å². The van der Waals surface area contributed by atoms with Crippen LogP contribution >= 0.6 is 0 Å². The highest BCUT2D eigenvalue weighted by atomic mass is 32.2. The summed E-state index contributed by atoms with van der Waals surface area (Å²) in [7, 11) is -10.9. The Morgan fingerprint density at radius 2 is 1.10 bits per heavy atom. The van der Waals surface area contributed by atoms with Crippen LogP contribution in [0.2, 0.25) is 0 Å². The van der Waals surface area contributed by atoms with E-state index in [1.807, 2.05) is 0 Å². The van der Waals surface area contributed by atoms with E-state index in [0.29, 0.717) is 5.56 Å². The molecule has 2 rings (SSSR count). The number of nitrogens with one attached hydrogen (secondary N) is 2. The highest BCUT2D eigenvalue weighted by Crippen LogP contribution is 2.31. The van der Waals surface area contributed by atoms with Gasteiger partial charge in [-0.25, -0.2) is 16.8 Å². The van der Waals surface area contributed by atoms with E-state index in [0.717, 1.165) is 42.5 Å². The minimum atomic E-state index is -5.48. The smallest absolute Gasteiger partial charge is 0.253 e. The van der Waals surface area contributed by atoms with Gasteiger partial charge in [-0.05, 0) is 35.4 Å². The number of alkyl halides is 6. The van der Waals surface area contributed by atoms with Crippen LogP contribution < -0.4 is 10.9 Å². The van der Waals surface area contributed by atoms with E-state index in [1.54, 1.807) is 0 Å². The molecule has 0 atom stereocenters. The number of hydrogen-bond donors (Lipinski definition) is 2. The second-order valence-corrected chi connectivity index (χ2v) is 9.78. The van der Waals surface area contributed by atoms with Crippen LogP contribution in [-0.2, 0) is 32.8 Å². The Kier molecular flexibility index (Phi) is 6.85. The van der Waals surface area contributed by atoms with Crippen molar-refractivity contribution in [1.82, 2.24) is 10.9 Å². The number of sulfone groups is 2. The van der Waals surface area contributed by atoms with Crippen molar-refractivity contribution >= 4 is 19.7 Å². The Balaban J connectivity index is 1.96. The number of hydrazine groups is 1. The number of benzene rings is 2. The van der Waals surface area contributed by atoms with Gasteiger partial charge in [-0.15, -0.1) is 0 Å². The molecule has 0 amide bonds. The fraction of sp³-hybridized carbons (Fsp3) is 0.250. The van der Waals surface area contributed by atoms with Crippen molar-refractivity contribution in [3.63, 3.8) is 0 Å². The van der Waals surface area contributed by atoms with Gasteiger partial charge >= 0.3 is 11.0 Å². The van der Waals surface area contributed by atoms with E-state index in [2.05, 4.69) is 10.9 Å². The van der Waals surface area contributed by atoms with Crippen LogP contribution in [0, 0.1) is 0 Å². The first-order valence-electron chi connectivity index (χ1n) is 7.92. The molecule has 0 radical (unpaired) electrons. The van der Waals surface area contributed by atoms with Crippen molar-refractivity contribution in [2.45, 2.75) is 33.9 Å². The topological polar surface area (TPSA) is 92.3 Å². The molecule has 0 aliphatic heterocycles. The molecule has 2 N–H and O–H groups in total. The molecule has 0 aliphatic carbocycles. The largest absolute Gasteiger partial charge is 0.501 e. The van der Waals surface area contributed by atoms with Gasteiger partial charge in [0.2, 0.25) is 0 Å². The second-order valence-electron chi connectivity index (χ2n) is 5.90. The Hall–Kier alpha value is -2.16. The van der Waals surface area contributed by atoms with Gasteiger partial charge in [-0.2, -0.15) is 26.3 Å². The summed E-state index contributed by atoms with van der Waals surface area (Å²) >= 11 is 0. The molecule has 0 fully saturated rings. The van der Waals surface area contributed by atoms with Gasteiger partial charge in [-0.3, -0.25) is 10.9 Å². The molecule has 0 heterocycles. The molecule has 0 aliphatic rings. The quantitative estimate of drug-likeness (QED) is 0.363. The molecule has 0 aromatic heterocycles. The Bertz CT molecular complexity index is 1100. The Morgan fingerprint density at radius 1 is 0.633 bits per heavy atom. The normalized spacial score (nSPS) is 13.4. The highest BCUT2D eigenvalue weighted by molar-refractivity contribution is 7.92. The predicted molar refractivity (Wildman–Crippen MR) is 93.0 cm³/mol. The average molecular weight is 476 g/mol. The summed E-state index contributed by atoms with van der Waals surface area (Å²) in [5, 5.41) is 0. The van der Waals surface area contributed by atoms with Crippen molar-refractivity contribution in [2.75, 3.05) is 0 Å². The van der Waals surface area contributed by atoms with E-state index in [4.69, 9.17) is 0 Å². The summed E-state index contributed by atoms with van der Waals surface area (Å²) < 4.78 is 121. The maximum atomic E-state index is 12.6. The number of halogens is 6. The summed E-state index contributed by atoms with van der Waals surface area (Å²) in [6.45, 7) is -0.0331. The molecular weight excluding hydrogens is 462 g/mol. The van der Waals surface area contributed by atoms with Gasteiger partial charge in [0.1, 0.15) is 0 Å². The number of rotatable bonds is 7. The van der Waals surface area contributed by atoms with Crippen LogP contribution in [-0.4, -0.2) is 27.9 Å². The zero-order valence-corrected chi connectivity index (χ0v) is 16.4. The SMILES string of the molecule is O=S(=O)(c1ccc(CNNCc2cccc(S(=O)(=O)C(F)(F)F)c2)cc1)C(F)(F)F. The lowest BCUT2D eigenvalue weighted by Gasteiger charge is -2.11. The Morgan fingerprint density at radius 3 is 1.60 bits per heavy atom. The van der Waals surface area contributed by atoms with Crippen molar-refractivity contribution in [2.24, 2.45) is 0 Å². The van der Waals surface area contributed by atoms with Crippen LogP contribution in [0.25, 0.3) is 0 Å². The van der Waals surface area contributed by atoms with E-state index in [-0.39, 0.29) is 18.7 Å². The fourth-order valence-electron chi connectivity index (χ4n) is 2.21. The molecule has 166 valence electrons. The lowest BCUT2D eigenvalue weighted by molar-refractivity contribution is -0.0442. The van der Waals surface area contributed by atoms with Crippen LogP contribution in [0.1, 0.15) is 11.1 Å². The fourth-order valence-corrected chi connectivity index (χ4v) is 3.80. The third-order valence-electron chi connectivity index (χ3n) is 3.76. The van der Waals surface area contributed by atoms with Crippen LogP contribution in [0.4, 0.5) is 26.3 Å². The third-order valence-corrected chi connectivity index (χ3v) is 6.75. The van der Waals surface area contributed by atoms with Gasteiger partial charge in [0.05, 0.1) is 9.79 Å². The minimum Gasteiger partial charge on any atom is -0.253 e. The summed E-state index contributed by atoms with van der Waals surface area (Å²) in [4.78, 5) is -1.81. The molecule has 30 heavy (non-hydrogen) atoms. The van der Waals surface area contributed by atoms with Gasteiger partial charge in [0.15, 0.2) is 0 Å². The first kappa shape index (κ1) is 24.1. The molecule has 2 aromatic rings. The molecule has 0 saturated heterocycles. The molecule has 0 unspecified atom stereocenters. The zero-order valence-electron chi connectivity index (χ0n) is 14.8. The molecule has 0 bridgehead atoms. The standard InChI is InChI=1S/C16H14F6N2O4S2/c17-15(18,19)29(25,26)13-6-4-11(5-7-13)9-23-24-10-12-2-1-3-14(8-12)30(27,28)16(20,21)22/h1-8,23-24H,9-10H2. The monoisotopic (exact) mass is 476 g/mol. The first-order chi connectivity index (χ1) is 13.7. The zero-order chi connectivity index (χ0) is 22.8. The predicted octanol–water partition coefficient (Wildman–Crippen LogP) is 3.07. The summed E-state index contributed by atoms with van der Waals surface area (Å²) in [5.41, 5.74) is -4.96. The third kappa shape index (κ3) is 5.30. The van der Waals surface area contributed by atoms with E-state index >= 15 is 0 Å². The molecule has 2 aromatic carbocycles. The van der Waals surface area contributed by atoms with Gasteiger partial charge in [-0.1, -0.05) is 24.3 Å². The van der Waals surface area contributed by atoms with Crippen LogP contribution in [0.15, 0.2) is 58.3 Å². The molecular formula is C16H14F6N2O4S2. The van der Waals surface area contributed by atoms with Crippen molar-refractivity contribution in [3.05, 3.63) is 59.7 Å². The summed E-state index contributed by atoms with van der Waals surface area (Å²) in [6.07, 6.45) is 0. The van der Waals surface area contributed by atoms with Crippen LogP contribution in [0.5, 0.6) is 0 Å². The van der Waals surface area contributed by atoms with E-state index in [1.165, 1.54) is 6.07 Å². The van der Waals surface area contributed by atoms with Crippen molar-refractivity contribution in [1.29, 1.82) is 0 Å². The summed E-state index contributed by atoms with van der Waals surface area (Å²) in [5.74, 6) is 0. The lowest BCUT2D eigenvalue weighted by Crippen LogP contribution is -2.30. The minimum absolute atomic E-state index is 0.0346. The molecule has 0 saturated carbocycles. The molecule has 6 nitrogen and oxygen atoms in total. The molecule has 0 spiro atoms. The number of hydrogen-bond acceptors (Lipinski definition) is 6. The Labute approximate surface area is 167 Å². The maximum absolute atomic E-state index is 12.6. The van der Waals surface area contributed by atoms with Crippen molar-refractivity contribution in [3.8, 4) is 0 Å². The van der Waals surface area contributed by atoms with Gasteiger partial charge in [0, 0.05) is 13.1 Å². The van der Waals surface area contributed by atoms with Crippen LogP contribution in [0.3, 0.4) is 0 Å². The van der Waals surface area contributed by atoms with Gasteiger partial charge < -0.3 is 0 Å². The average Bonchev–Trinajstić information content (AvgIpc) is 2.64.